The third kappa shape index (κ3) is 7.17. The first-order valence-electron chi connectivity index (χ1n) is 11.7. The van der Waals surface area contributed by atoms with Gasteiger partial charge in [0, 0.05) is 28.5 Å². The van der Waals surface area contributed by atoms with Crippen molar-refractivity contribution in [3.05, 3.63) is 69.0 Å². The second-order valence-electron chi connectivity index (χ2n) is 8.45. The maximum absolute atomic E-state index is 12.9. The highest BCUT2D eigenvalue weighted by Crippen LogP contribution is 2.33. The molecule has 3 N–H and O–H groups in total. The minimum absolute atomic E-state index is 0.0228. The monoisotopic (exact) mass is 592 g/mol. The standard InChI is InChI=1S/C14H16BrClN2O3.C12H11FN2O/c1-8(9-5-10(15)11(16)6-13(9)20)17-14(21)12-3-2-4-18(12)7-19;1-2-14-12(16)11-5-3-8-7-9(13)4-6-10(8)15-11/h5-8,12,20H,2-4H2,1H3,(H,17,21);3-7H,2H2,1H3,(H,14,16)/t8-,12?;/m0./s1. The lowest BCUT2D eigenvalue weighted by atomic mass is 10.1. The highest BCUT2D eigenvalue weighted by molar-refractivity contribution is 9.10. The number of halogens is 3. The zero-order valence-electron chi connectivity index (χ0n) is 20.3. The van der Waals surface area contributed by atoms with Gasteiger partial charge in [-0.2, -0.15) is 0 Å². The van der Waals surface area contributed by atoms with E-state index < -0.39 is 6.04 Å². The zero-order valence-corrected chi connectivity index (χ0v) is 22.6. The summed E-state index contributed by atoms with van der Waals surface area (Å²) < 4.78 is 13.6. The van der Waals surface area contributed by atoms with Crippen molar-refractivity contribution in [2.24, 2.45) is 0 Å². The summed E-state index contributed by atoms with van der Waals surface area (Å²) in [6, 6.07) is 9.85. The molecular weight excluding hydrogens is 567 g/mol. The lowest BCUT2D eigenvalue weighted by Crippen LogP contribution is -2.43. The van der Waals surface area contributed by atoms with Crippen LogP contribution in [0.3, 0.4) is 0 Å². The van der Waals surface area contributed by atoms with Crippen molar-refractivity contribution in [2.45, 2.75) is 38.8 Å². The fourth-order valence-electron chi connectivity index (χ4n) is 3.96. The van der Waals surface area contributed by atoms with E-state index in [4.69, 9.17) is 11.6 Å². The first-order valence-corrected chi connectivity index (χ1v) is 12.9. The molecule has 37 heavy (non-hydrogen) atoms. The first kappa shape index (κ1) is 28.3. The number of carbonyl (C=O) groups is 3. The Kier molecular flexibility index (Phi) is 9.82. The van der Waals surface area contributed by atoms with Crippen molar-refractivity contribution in [1.82, 2.24) is 20.5 Å². The summed E-state index contributed by atoms with van der Waals surface area (Å²) in [4.78, 5) is 40.3. The quantitative estimate of drug-likeness (QED) is 0.358. The van der Waals surface area contributed by atoms with Crippen LogP contribution >= 0.6 is 27.5 Å². The molecule has 0 bridgehead atoms. The number of likely N-dealkylation sites (tertiary alicyclic amines) is 1. The molecular formula is C26H27BrClFN4O4. The number of phenolic OH excluding ortho intramolecular Hbond substituents is 1. The van der Waals surface area contributed by atoms with Crippen LogP contribution in [0, 0.1) is 5.82 Å². The van der Waals surface area contributed by atoms with Gasteiger partial charge in [0.1, 0.15) is 23.3 Å². The van der Waals surface area contributed by atoms with Crippen LogP contribution in [-0.4, -0.2) is 52.3 Å². The summed E-state index contributed by atoms with van der Waals surface area (Å²) in [6.45, 7) is 4.78. The van der Waals surface area contributed by atoms with E-state index >= 15 is 0 Å². The molecule has 4 rings (SSSR count). The molecule has 1 unspecified atom stereocenters. The first-order chi connectivity index (χ1) is 17.6. The van der Waals surface area contributed by atoms with E-state index in [1.165, 1.54) is 23.1 Å². The van der Waals surface area contributed by atoms with Gasteiger partial charge in [-0.1, -0.05) is 17.7 Å². The number of hydrogen-bond donors (Lipinski definition) is 3. The van der Waals surface area contributed by atoms with Crippen LogP contribution in [0.1, 0.15) is 48.8 Å². The number of benzene rings is 2. The van der Waals surface area contributed by atoms with Crippen LogP contribution in [0.4, 0.5) is 4.39 Å². The Bertz CT molecular complexity index is 1310. The third-order valence-electron chi connectivity index (χ3n) is 5.85. The number of fused-ring (bicyclic) bond motifs is 1. The number of rotatable bonds is 6. The Morgan fingerprint density at radius 3 is 2.76 bits per heavy atom. The van der Waals surface area contributed by atoms with Crippen LogP contribution in [-0.2, 0) is 9.59 Å². The topological polar surface area (TPSA) is 112 Å². The molecule has 1 saturated heterocycles. The van der Waals surface area contributed by atoms with Gasteiger partial charge >= 0.3 is 0 Å². The molecule has 1 aliphatic heterocycles. The number of aromatic hydroxyl groups is 1. The number of amides is 3. The van der Waals surface area contributed by atoms with Crippen LogP contribution in [0.5, 0.6) is 5.75 Å². The molecule has 0 saturated carbocycles. The Balaban J connectivity index is 0.000000213. The largest absolute Gasteiger partial charge is 0.508 e. The maximum atomic E-state index is 12.9. The summed E-state index contributed by atoms with van der Waals surface area (Å²) in [5, 5.41) is 16.5. The molecule has 196 valence electrons. The second kappa shape index (κ2) is 12.8. The zero-order chi connectivity index (χ0) is 27.1. The minimum Gasteiger partial charge on any atom is -0.508 e. The maximum Gasteiger partial charge on any atom is 0.269 e. The number of nitrogens with one attached hydrogen (secondary N) is 2. The summed E-state index contributed by atoms with van der Waals surface area (Å²) in [7, 11) is 0. The Morgan fingerprint density at radius 2 is 2.05 bits per heavy atom. The minimum atomic E-state index is -0.428. The molecule has 1 aromatic heterocycles. The highest BCUT2D eigenvalue weighted by Gasteiger charge is 2.30. The molecule has 1 aliphatic rings. The van der Waals surface area contributed by atoms with E-state index in [2.05, 4.69) is 31.5 Å². The number of hydrogen-bond acceptors (Lipinski definition) is 5. The van der Waals surface area contributed by atoms with Crippen molar-refractivity contribution < 1.29 is 23.9 Å². The summed E-state index contributed by atoms with van der Waals surface area (Å²) in [6.07, 6.45) is 2.19. The number of aromatic nitrogens is 1. The van der Waals surface area contributed by atoms with Crippen molar-refractivity contribution in [1.29, 1.82) is 0 Å². The van der Waals surface area contributed by atoms with Crippen LogP contribution in [0.25, 0.3) is 10.9 Å². The van der Waals surface area contributed by atoms with E-state index in [1.54, 1.807) is 31.2 Å². The fourth-order valence-corrected chi connectivity index (χ4v) is 4.48. The molecule has 8 nitrogen and oxygen atoms in total. The molecule has 2 heterocycles. The molecule has 11 heteroatoms. The van der Waals surface area contributed by atoms with Gasteiger partial charge < -0.3 is 20.6 Å². The molecule has 3 amide bonds. The smallest absolute Gasteiger partial charge is 0.269 e. The summed E-state index contributed by atoms with van der Waals surface area (Å²) >= 11 is 9.19. The average molecular weight is 594 g/mol. The van der Waals surface area contributed by atoms with E-state index in [1.807, 2.05) is 6.92 Å². The van der Waals surface area contributed by atoms with Gasteiger partial charge in [-0.15, -0.1) is 0 Å². The van der Waals surface area contributed by atoms with Gasteiger partial charge in [0.15, 0.2) is 0 Å². The molecule has 3 aromatic rings. The predicted molar refractivity (Wildman–Crippen MR) is 143 cm³/mol. The molecule has 2 aromatic carbocycles. The van der Waals surface area contributed by atoms with Crippen LogP contribution < -0.4 is 10.6 Å². The van der Waals surface area contributed by atoms with Crippen LogP contribution in [0.2, 0.25) is 5.02 Å². The van der Waals surface area contributed by atoms with Gasteiger partial charge in [0.05, 0.1) is 16.6 Å². The van der Waals surface area contributed by atoms with Crippen molar-refractivity contribution in [3.8, 4) is 5.75 Å². The van der Waals surface area contributed by atoms with E-state index in [0.29, 0.717) is 57.6 Å². The van der Waals surface area contributed by atoms with E-state index in [9.17, 15) is 23.9 Å². The van der Waals surface area contributed by atoms with E-state index in [-0.39, 0.29) is 29.4 Å². The Morgan fingerprint density at radius 1 is 1.30 bits per heavy atom. The lowest BCUT2D eigenvalue weighted by molar-refractivity contribution is -0.131. The summed E-state index contributed by atoms with van der Waals surface area (Å²) in [5.74, 6) is -0.707. The fraction of sp³-hybridized carbons (Fsp3) is 0.308. The third-order valence-corrected chi connectivity index (χ3v) is 7.05. The predicted octanol–water partition coefficient (Wildman–Crippen LogP) is 4.73. The van der Waals surface area contributed by atoms with Gasteiger partial charge in [0.2, 0.25) is 12.3 Å². The number of pyridine rings is 1. The SMILES string of the molecule is CCNC(=O)c1ccc2cc(F)ccc2n1.C[C@H](NC(=O)C1CCCN1C=O)c1cc(Br)c(Cl)cc1O. The lowest BCUT2D eigenvalue weighted by Gasteiger charge is -2.23. The molecule has 0 aliphatic carbocycles. The normalized spacial score (nSPS) is 15.5. The van der Waals surface area contributed by atoms with Crippen LogP contribution in [0.15, 0.2) is 46.9 Å². The summed E-state index contributed by atoms with van der Waals surface area (Å²) in [5.41, 5.74) is 1.53. The van der Waals surface area contributed by atoms with Gasteiger partial charge in [-0.3, -0.25) is 14.4 Å². The average Bonchev–Trinajstić information content (AvgIpc) is 3.35. The molecule has 2 atom stereocenters. The van der Waals surface area contributed by atoms with Gasteiger partial charge in [0.25, 0.3) is 5.91 Å². The van der Waals surface area contributed by atoms with E-state index in [0.717, 1.165) is 6.42 Å². The number of phenols is 1. The van der Waals surface area contributed by atoms with Gasteiger partial charge in [-0.05, 0) is 79.0 Å². The molecule has 1 fully saturated rings. The molecule has 0 radical (unpaired) electrons. The highest BCUT2D eigenvalue weighted by atomic mass is 79.9. The number of nitrogens with zero attached hydrogens (tertiary/aromatic N) is 2. The Hall–Kier alpha value is -3.24. The van der Waals surface area contributed by atoms with Crippen molar-refractivity contribution >= 4 is 56.7 Å². The molecule has 0 spiro atoms. The van der Waals surface area contributed by atoms with Gasteiger partial charge in [-0.25, -0.2) is 9.37 Å². The number of carbonyl (C=O) groups excluding carboxylic acids is 3. The van der Waals surface area contributed by atoms with Crippen molar-refractivity contribution in [3.63, 3.8) is 0 Å². The Labute approximate surface area is 227 Å². The van der Waals surface area contributed by atoms with Crippen molar-refractivity contribution in [2.75, 3.05) is 13.1 Å². The second-order valence-corrected chi connectivity index (χ2v) is 9.71.